The lowest BCUT2D eigenvalue weighted by Gasteiger charge is -2.16. The minimum absolute atomic E-state index is 0.357. The van der Waals surface area contributed by atoms with E-state index in [1.54, 1.807) is 0 Å². The predicted octanol–water partition coefficient (Wildman–Crippen LogP) is 1.55. The van der Waals surface area contributed by atoms with Crippen LogP contribution in [0.1, 0.15) is 39.5 Å². The van der Waals surface area contributed by atoms with Crippen LogP contribution in [0.25, 0.3) is 0 Å². The highest BCUT2D eigenvalue weighted by molar-refractivity contribution is 4.68. The Kier molecular flexibility index (Phi) is 6.22. The summed E-state index contributed by atoms with van der Waals surface area (Å²) >= 11 is 0. The van der Waals surface area contributed by atoms with Crippen LogP contribution >= 0.6 is 0 Å². The molecule has 0 aliphatic heterocycles. The van der Waals surface area contributed by atoms with Crippen molar-refractivity contribution in [3.8, 4) is 0 Å². The number of aliphatic hydroxyl groups is 1. The summed E-state index contributed by atoms with van der Waals surface area (Å²) in [5.74, 6) is 0.632. The maximum atomic E-state index is 9.63. The molecule has 1 saturated carbocycles. The molecule has 1 aliphatic carbocycles. The van der Waals surface area contributed by atoms with Gasteiger partial charge in [-0.3, -0.25) is 0 Å². The Morgan fingerprint density at radius 1 is 1.27 bits per heavy atom. The molecule has 0 bridgehead atoms. The smallest absolute Gasteiger partial charge is 0.0897 e. The third-order valence-corrected chi connectivity index (χ3v) is 2.76. The fourth-order valence-electron chi connectivity index (χ4n) is 1.90. The zero-order chi connectivity index (χ0) is 11.1. The average Bonchev–Trinajstić information content (AvgIpc) is 2.66. The molecular formula is C12H25NO2. The van der Waals surface area contributed by atoms with Crippen LogP contribution in [0.15, 0.2) is 0 Å². The molecular weight excluding hydrogens is 190 g/mol. The fourth-order valence-corrected chi connectivity index (χ4v) is 1.90. The summed E-state index contributed by atoms with van der Waals surface area (Å²) in [5, 5.41) is 12.9. The van der Waals surface area contributed by atoms with E-state index in [0.717, 1.165) is 6.54 Å². The highest BCUT2D eigenvalue weighted by Gasteiger charge is 2.16. The first-order chi connectivity index (χ1) is 7.18. The highest BCUT2D eigenvalue weighted by Crippen LogP contribution is 2.20. The molecule has 3 heteroatoms. The van der Waals surface area contributed by atoms with Crippen molar-refractivity contribution in [1.82, 2.24) is 5.32 Å². The first-order valence-electron chi connectivity index (χ1n) is 6.19. The number of nitrogens with one attached hydrogen (secondary N) is 1. The lowest BCUT2D eigenvalue weighted by Crippen LogP contribution is -2.33. The van der Waals surface area contributed by atoms with E-state index in [4.69, 9.17) is 4.74 Å². The second-order valence-electron chi connectivity index (χ2n) is 4.95. The van der Waals surface area contributed by atoms with E-state index >= 15 is 0 Å². The van der Waals surface area contributed by atoms with Gasteiger partial charge in [-0.1, -0.05) is 26.7 Å². The zero-order valence-electron chi connectivity index (χ0n) is 10.0. The second-order valence-corrected chi connectivity index (χ2v) is 4.95. The Labute approximate surface area is 93.2 Å². The molecule has 0 aromatic carbocycles. The third kappa shape index (κ3) is 6.13. The first kappa shape index (κ1) is 12.9. The molecule has 3 nitrogen and oxygen atoms in total. The van der Waals surface area contributed by atoms with E-state index < -0.39 is 0 Å². The molecule has 1 aliphatic rings. The van der Waals surface area contributed by atoms with Gasteiger partial charge < -0.3 is 15.2 Å². The number of hydrogen-bond acceptors (Lipinski definition) is 3. The number of rotatable bonds is 7. The quantitative estimate of drug-likeness (QED) is 0.677. The summed E-state index contributed by atoms with van der Waals surface area (Å²) in [4.78, 5) is 0. The zero-order valence-corrected chi connectivity index (χ0v) is 10.0. The Morgan fingerprint density at radius 3 is 2.53 bits per heavy atom. The Bertz CT molecular complexity index is 156. The van der Waals surface area contributed by atoms with E-state index in [9.17, 15) is 5.11 Å². The summed E-state index contributed by atoms with van der Waals surface area (Å²) in [6.45, 7) is 6.41. The summed E-state index contributed by atoms with van der Waals surface area (Å²) in [6, 6.07) is 0. The van der Waals surface area contributed by atoms with Crippen LogP contribution in [-0.4, -0.2) is 37.0 Å². The molecule has 0 spiro atoms. The maximum absolute atomic E-state index is 9.63. The molecule has 1 rings (SSSR count). The Hall–Kier alpha value is -0.120. The lowest BCUT2D eigenvalue weighted by atomic mass is 10.2. The summed E-state index contributed by atoms with van der Waals surface area (Å²) in [7, 11) is 0. The molecule has 1 unspecified atom stereocenters. The van der Waals surface area contributed by atoms with Gasteiger partial charge in [0.25, 0.3) is 0 Å². The van der Waals surface area contributed by atoms with Crippen molar-refractivity contribution in [3.63, 3.8) is 0 Å². The van der Waals surface area contributed by atoms with E-state index in [0.29, 0.717) is 25.2 Å². The lowest BCUT2D eigenvalue weighted by molar-refractivity contribution is -0.00553. The topological polar surface area (TPSA) is 41.5 Å². The van der Waals surface area contributed by atoms with Crippen LogP contribution in [0.5, 0.6) is 0 Å². The van der Waals surface area contributed by atoms with Gasteiger partial charge in [0.1, 0.15) is 0 Å². The average molecular weight is 215 g/mol. The molecule has 90 valence electrons. The summed E-state index contributed by atoms with van der Waals surface area (Å²) < 4.78 is 5.63. The molecule has 1 fully saturated rings. The van der Waals surface area contributed by atoms with Gasteiger partial charge in [-0.05, 0) is 25.3 Å². The van der Waals surface area contributed by atoms with Gasteiger partial charge in [0, 0.05) is 6.54 Å². The van der Waals surface area contributed by atoms with Gasteiger partial charge >= 0.3 is 0 Å². The molecule has 2 N–H and O–H groups in total. The molecule has 0 aromatic heterocycles. The van der Waals surface area contributed by atoms with Crippen molar-refractivity contribution in [3.05, 3.63) is 0 Å². The van der Waals surface area contributed by atoms with Gasteiger partial charge in [-0.15, -0.1) is 0 Å². The molecule has 15 heavy (non-hydrogen) atoms. The van der Waals surface area contributed by atoms with Crippen LogP contribution < -0.4 is 5.32 Å². The van der Waals surface area contributed by atoms with Gasteiger partial charge in [0.15, 0.2) is 0 Å². The van der Waals surface area contributed by atoms with Crippen molar-refractivity contribution < 1.29 is 9.84 Å². The minimum Gasteiger partial charge on any atom is -0.389 e. The van der Waals surface area contributed by atoms with Crippen molar-refractivity contribution >= 4 is 0 Å². The van der Waals surface area contributed by atoms with Gasteiger partial charge in [0.2, 0.25) is 0 Å². The molecule has 0 radical (unpaired) electrons. The highest BCUT2D eigenvalue weighted by atomic mass is 16.5. The van der Waals surface area contributed by atoms with E-state index in [1.165, 1.54) is 25.7 Å². The third-order valence-electron chi connectivity index (χ3n) is 2.76. The van der Waals surface area contributed by atoms with E-state index in [-0.39, 0.29) is 6.10 Å². The fraction of sp³-hybridized carbons (Fsp3) is 1.00. The van der Waals surface area contributed by atoms with Gasteiger partial charge in [-0.2, -0.15) is 0 Å². The van der Waals surface area contributed by atoms with Crippen molar-refractivity contribution in [1.29, 1.82) is 0 Å². The molecule has 0 saturated heterocycles. The maximum Gasteiger partial charge on any atom is 0.0897 e. The molecule has 0 amide bonds. The van der Waals surface area contributed by atoms with E-state index in [2.05, 4.69) is 19.2 Å². The predicted molar refractivity (Wildman–Crippen MR) is 61.9 cm³/mol. The number of ether oxygens (including phenoxy) is 1. The Morgan fingerprint density at radius 2 is 1.93 bits per heavy atom. The van der Waals surface area contributed by atoms with Crippen LogP contribution in [0, 0.1) is 5.92 Å². The molecule has 0 heterocycles. The second kappa shape index (κ2) is 7.20. The number of aliphatic hydroxyl groups excluding tert-OH is 1. The summed E-state index contributed by atoms with van der Waals surface area (Å²) in [5.41, 5.74) is 0. The normalized spacial score (nSPS) is 20.0. The standard InChI is InChI=1S/C12H25NO2/c1-10(2)7-13-8-11(14)9-15-12-5-3-4-6-12/h10-14H,3-9H2,1-2H3. The number of hydrogen-bond donors (Lipinski definition) is 2. The van der Waals surface area contributed by atoms with Gasteiger partial charge in [0.05, 0.1) is 18.8 Å². The van der Waals surface area contributed by atoms with Crippen LogP contribution in [0.3, 0.4) is 0 Å². The van der Waals surface area contributed by atoms with Gasteiger partial charge in [-0.25, -0.2) is 0 Å². The minimum atomic E-state index is -0.357. The van der Waals surface area contributed by atoms with Crippen LogP contribution in [0.4, 0.5) is 0 Å². The van der Waals surface area contributed by atoms with E-state index in [1.807, 2.05) is 0 Å². The molecule has 0 aromatic rings. The monoisotopic (exact) mass is 215 g/mol. The van der Waals surface area contributed by atoms with Crippen LogP contribution in [-0.2, 0) is 4.74 Å². The van der Waals surface area contributed by atoms with Crippen molar-refractivity contribution in [2.75, 3.05) is 19.7 Å². The first-order valence-corrected chi connectivity index (χ1v) is 6.19. The SMILES string of the molecule is CC(C)CNCC(O)COC1CCCC1. The van der Waals surface area contributed by atoms with Crippen molar-refractivity contribution in [2.45, 2.75) is 51.7 Å². The molecule has 1 atom stereocenters. The largest absolute Gasteiger partial charge is 0.389 e. The Balaban J connectivity index is 1.95. The van der Waals surface area contributed by atoms with Crippen molar-refractivity contribution in [2.24, 2.45) is 5.92 Å². The van der Waals surface area contributed by atoms with Crippen LogP contribution in [0.2, 0.25) is 0 Å². The summed E-state index contributed by atoms with van der Waals surface area (Å²) in [6.07, 6.45) is 4.96.